The van der Waals surface area contributed by atoms with Gasteiger partial charge >= 0.3 is 5.97 Å². The number of nitrogen functional groups attached to an aromatic ring is 1. The summed E-state index contributed by atoms with van der Waals surface area (Å²) >= 11 is 0. The van der Waals surface area contributed by atoms with E-state index in [1.807, 2.05) is 31.2 Å². The lowest BCUT2D eigenvalue weighted by Crippen LogP contribution is -2.30. The van der Waals surface area contributed by atoms with Crippen LogP contribution in [0.3, 0.4) is 0 Å². The number of hydrogen-bond donors (Lipinski definition) is 1. The Morgan fingerprint density at radius 2 is 1.85 bits per heavy atom. The van der Waals surface area contributed by atoms with E-state index in [9.17, 15) is 19.7 Å². The number of carbonyl (C=O) groups excluding carboxylic acids is 2. The van der Waals surface area contributed by atoms with E-state index >= 15 is 0 Å². The van der Waals surface area contributed by atoms with Crippen LogP contribution in [-0.4, -0.2) is 35.4 Å². The van der Waals surface area contributed by atoms with Gasteiger partial charge in [-0.15, -0.1) is 0 Å². The zero-order valence-corrected chi connectivity index (χ0v) is 14.5. The van der Waals surface area contributed by atoms with E-state index < -0.39 is 17.5 Å². The molecule has 0 radical (unpaired) electrons. The van der Waals surface area contributed by atoms with Crippen LogP contribution in [0.5, 0.6) is 0 Å². The van der Waals surface area contributed by atoms with E-state index in [4.69, 9.17) is 10.5 Å². The van der Waals surface area contributed by atoms with E-state index in [1.54, 1.807) is 7.05 Å². The fourth-order valence-corrected chi connectivity index (χ4v) is 2.21. The normalized spacial score (nSPS) is 10.2. The van der Waals surface area contributed by atoms with Gasteiger partial charge in [0.2, 0.25) is 0 Å². The number of nitro groups is 1. The number of hydrogen-bond acceptors (Lipinski definition) is 6. The molecule has 2 N–H and O–H groups in total. The standard InChI is InChI=1S/C18H19N3O5/c1-12-3-5-13(6-4-12)10-20(2)17(22)11-26-18(23)14-7-8-15(19)16(9-14)21(24)25/h3-9H,10-11,19H2,1-2H3. The zero-order valence-electron chi connectivity index (χ0n) is 14.5. The maximum atomic E-state index is 12.1. The first-order valence-corrected chi connectivity index (χ1v) is 7.78. The summed E-state index contributed by atoms with van der Waals surface area (Å²) in [7, 11) is 1.60. The number of esters is 1. The van der Waals surface area contributed by atoms with Crippen LogP contribution in [0, 0.1) is 17.0 Å². The van der Waals surface area contributed by atoms with Gasteiger partial charge in [0, 0.05) is 19.7 Å². The van der Waals surface area contributed by atoms with Gasteiger partial charge in [-0.3, -0.25) is 14.9 Å². The van der Waals surface area contributed by atoms with Crippen molar-refractivity contribution >= 4 is 23.3 Å². The first-order chi connectivity index (χ1) is 12.3. The van der Waals surface area contributed by atoms with Crippen LogP contribution >= 0.6 is 0 Å². The molecule has 1 amide bonds. The summed E-state index contributed by atoms with van der Waals surface area (Å²) in [5, 5.41) is 10.9. The Morgan fingerprint density at radius 1 is 1.19 bits per heavy atom. The number of benzene rings is 2. The Bertz CT molecular complexity index is 833. The second kappa shape index (κ2) is 8.11. The van der Waals surface area contributed by atoms with Crippen molar-refractivity contribution in [3.63, 3.8) is 0 Å². The molecule has 0 atom stereocenters. The lowest BCUT2D eigenvalue weighted by atomic mass is 10.1. The lowest BCUT2D eigenvalue weighted by Gasteiger charge is -2.17. The second-order valence-electron chi connectivity index (χ2n) is 5.84. The van der Waals surface area contributed by atoms with Gasteiger partial charge in [0.1, 0.15) is 5.69 Å². The molecule has 0 aliphatic heterocycles. The van der Waals surface area contributed by atoms with E-state index in [1.165, 1.54) is 17.0 Å². The van der Waals surface area contributed by atoms with Crippen LogP contribution in [0.2, 0.25) is 0 Å². The van der Waals surface area contributed by atoms with Gasteiger partial charge in [0.05, 0.1) is 10.5 Å². The Hall–Kier alpha value is -3.42. The number of ether oxygens (including phenoxy) is 1. The van der Waals surface area contributed by atoms with Crippen LogP contribution in [-0.2, 0) is 16.1 Å². The number of rotatable bonds is 6. The highest BCUT2D eigenvalue weighted by molar-refractivity contribution is 5.92. The smallest absolute Gasteiger partial charge is 0.338 e. The van der Waals surface area contributed by atoms with Gasteiger partial charge in [0.15, 0.2) is 6.61 Å². The topological polar surface area (TPSA) is 116 Å². The Kier molecular flexibility index (Phi) is 5.90. The molecular weight excluding hydrogens is 338 g/mol. The number of nitrogens with zero attached hydrogens (tertiary/aromatic N) is 2. The van der Waals surface area contributed by atoms with E-state index in [2.05, 4.69) is 0 Å². The third-order valence-electron chi connectivity index (χ3n) is 3.76. The lowest BCUT2D eigenvalue weighted by molar-refractivity contribution is -0.383. The van der Waals surface area contributed by atoms with Crippen LogP contribution in [0.4, 0.5) is 11.4 Å². The number of aryl methyl sites for hydroxylation is 1. The van der Waals surface area contributed by atoms with Crippen LogP contribution in [0.1, 0.15) is 21.5 Å². The van der Waals surface area contributed by atoms with Crippen LogP contribution in [0.15, 0.2) is 42.5 Å². The zero-order chi connectivity index (χ0) is 19.3. The predicted octanol–water partition coefficient (Wildman–Crippen LogP) is 2.30. The SMILES string of the molecule is Cc1ccc(CN(C)C(=O)COC(=O)c2ccc(N)c([N+](=O)[O-])c2)cc1. The highest BCUT2D eigenvalue weighted by Crippen LogP contribution is 2.22. The van der Waals surface area contributed by atoms with Crippen molar-refractivity contribution in [1.29, 1.82) is 0 Å². The summed E-state index contributed by atoms with van der Waals surface area (Å²) < 4.78 is 4.95. The monoisotopic (exact) mass is 357 g/mol. The molecule has 0 spiro atoms. The number of carbonyl (C=O) groups is 2. The van der Waals surface area contributed by atoms with E-state index in [0.29, 0.717) is 6.54 Å². The van der Waals surface area contributed by atoms with Gasteiger partial charge in [0.25, 0.3) is 11.6 Å². The largest absolute Gasteiger partial charge is 0.452 e. The minimum Gasteiger partial charge on any atom is -0.452 e. The molecule has 0 aliphatic carbocycles. The molecule has 136 valence electrons. The van der Waals surface area contributed by atoms with Gasteiger partial charge in [-0.1, -0.05) is 29.8 Å². The summed E-state index contributed by atoms with van der Waals surface area (Å²) in [5.41, 5.74) is 7.07. The van der Waals surface area contributed by atoms with Crippen LogP contribution < -0.4 is 5.73 Å². The predicted molar refractivity (Wildman–Crippen MR) is 95.4 cm³/mol. The average Bonchev–Trinajstić information content (AvgIpc) is 2.61. The quantitative estimate of drug-likeness (QED) is 0.367. The first kappa shape index (κ1) is 18.9. The number of amides is 1. The molecule has 0 fully saturated rings. The van der Waals surface area contributed by atoms with Crippen molar-refractivity contribution < 1.29 is 19.2 Å². The fraction of sp³-hybridized carbons (Fsp3) is 0.222. The molecule has 8 heteroatoms. The minimum atomic E-state index is -0.829. The molecule has 0 aliphatic rings. The summed E-state index contributed by atoms with van der Waals surface area (Å²) in [5.74, 6) is -1.21. The number of nitro benzene ring substituents is 1. The molecule has 2 aromatic carbocycles. The van der Waals surface area contributed by atoms with Crippen molar-refractivity contribution in [3.05, 3.63) is 69.3 Å². The summed E-state index contributed by atoms with van der Waals surface area (Å²) in [6.07, 6.45) is 0. The molecule has 2 aromatic rings. The molecule has 0 unspecified atom stereocenters. The highest BCUT2D eigenvalue weighted by atomic mass is 16.6. The second-order valence-corrected chi connectivity index (χ2v) is 5.84. The molecule has 0 aromatic heterocycles. The maximum Gasteiger partial charge on any atom is 0.338 e. The molecule has 0 heterocycles. The summed E-state index contributed by atoms with van der Waals surface area (Å²) in [6.45, 7) is 1.89. The van der Waals surface area contributed by atoms with E-state index in [-0.39, 0.29) is 22.8 Å². The molecule has 0 saturated carbocycles. The Morgan fingerprint density at radius 3 is 2.46 bits per heavy atom. The molecule has 2 rings (SSSR count). The summed E-state index contributed by atoms with van der Waals surface area (Å²) in [6, 6.07) is 11.3. The minimum absolute atomic E-state index is 0.0418. The fourth-order valence-electron chi connectivity index (χ4n) is 2.21. The molecule has 0 saturated heterocycles. The highest BCUT2D eigenvalue weighted by Gasteiger charge is 2.18. The van der Waals surface area contributed by atoms with Crippen molar-refractivity contribution in [2.75, 3.05) is 19.4 Å². The van der Waals surface area contributed by atoms with Gasteiger partial charge < -0.3 is 15.4 Å². The molecule has 26 heavy (non-hydrogen) atoms. The summed E-state index contributed by atoms with van der Waals surface area (Å²) in [4.78, 5) is 35.7. The number of nitrogens with two attached hydrogens (primary N) is 1. The van der Waals surface area contributed by atoms with Crippen molar-refractivity contribution in [2.24, 2.45) is 0 Å². The Labute approximate surface area is 150 Å². The number of likely N-dealkylation sites (N-methyl/N-ethyl adjacent to an activating group) is 1. The van der Waals surface area contributed by atoms with E-state index in [0.717, 1.165) is 17.2 Å². The van der Waals surface area contributed by atoms with Gasteiger partial charge in [-0.05, 0) is 24.6 Å². The van der Waals surface area contributed by atoms with Gasteiger partial charge in [-0.2, -0.15) is 0 Å². The Balaban J connectivity index is 1.93. The third kappa shape index (κ3) is 4.79. The van der Waals surface area contributed by atoms with Crippen molar-refractivity contribution in [1.82, 2.24) is 4.90 Å². The first-order valence-electron chi connectivity index (χ1n) is 7.78. The van der Waals surface area contributed by atoms with Gasteiger partial charge in [-0.25, -0.2) is 4.79 Å². The maximum absolute atomic E-state index is 12.1. The molecular formula is C18H19N3O5. The third-order valence-corrected chi connectivity index (χ3v) is 3.76. The van der Waals surface area contributed by atoms with Crippen LogP contribution in [0.25, 0.3) is 0 Å². The van der Waals surface area contributed by atoms with Crippen molar-refractivity contribution in [3.8, 4) is 0 Å². The van der Waals surface area contributed by atoms with Crippen molar-refractivity contribution in [2.45, 2.75) is 13.5 Å². The average molecular weight is 357 g/mol. The molecule has 0 bridgehead atoms. The molecule has 8 nitrogen and oxygen atoms in total. The number of anilines is 1.